The molecule has 1 aromatic heterocycles. The molecule has 31 heavy (non-hydrogen) atoms. The molecule has 1 N–H and O–H groups in total. The van der Waals surface area contributed by atoms with Gasteiger partial charge in [-0.25, -0.2) is 9.97 Å². The predicted molar refractivity (Wildman–Crippen MR) is 122 cm³/mol. The van der Waals surface area contributed by atoms with E-state index in [-0.39, 0.29) is 12.3 Å². The Labute approximate surface area is 182 Å². The SMILES string of the molecule is C#Cc1cccc(Nc2ncnc3cc(OC)c(CC(=O)N4CCN(C)CC4)cc23)c1. The van der Waals surface area contributed by atoms with Gasteiger partial charge in [-0.15, -0.1) is 6.42 Å². The van der Waals surface area contributed by atoms with Crippen molar-refractivity contribution >= 4 is 28.3 Å². The van der Waals surface area contributed by atoms with E-state index in [2.05, 4.69) is 33.2 Å². The molecule has 0 atom stereocenters. The predicted octanol–water partition coefficient (Wildman–Crippen LogP) is 2.68. The van der Waals surface area contributed by atoms with E-state index in [1.54, 1.807) is 7.11 Å². The number of terminal acetylenes is 1. The number of ether oxygens (including phenoxy) is 1. The summed E-state index contributed by atoms with van der Waals surface area (Å²) in [6, 6.07) is 11.4. The summed E-state index contributed by atoms with van der Waals surface area (Å²) in [4.78, 5) is 25.8. The first-order chi connectivity index (χ1) is 15.1. The van der Waals surface area contributed by atoms with Gasteiger partial charge in [-0.2, -0.15) is 0 Å². The zero-order chi connectivity index (χ0) is 21.8. The zero-order valence-electron chi connectivity index (χ0n) is 17.8. The second kappa shape index (κ2) is 9.02. The van der Waals surface area contributed by atoms with Crippen molar-refractivity contribution in [3.63, 3.8) is 0 Å². The highest BCUT2D eigenvalue weighted by atomic mass is 16.5. The molecule has 4 rings (SSSR count). The van der Waals surface area contributed by atoms with E-state index in [0.29, 0.717) is 11.6 Å². The molecule has 1 fully saturated rings. The minimum absolute atomic E-state index is 0.0961. The molecule has 0 radical (unpaired) electrons. The van der Waals surface area contributed by atoms with E-state index in [4.69, 9.17) is 11.2 Å². The monoisotopic (exact) mass is 415 g/mol. The van der Waals surface area contributed by atoms with Crippen LogP contribution >= 0.6 is 0 Å². The lowest BCUT2D eigenvalue weighted by molar-refractivity contribution is -0.132. The van der Waals surface area contributed by atoms with E-state index in [1.165, 1.54) is 6.33 Å². The standard InChI is InChI=1S/C24H25N5O2/c1-4-17-6-5-7-19(12-17)27-24-20-13-18(22(31-3)15-21(20)25-16-26-24)14-23(30)29-10-8-28(2)9-11-29/h1,5-7,12-13,15-16H,8-11,14H2,2-3H3,(H,25,26,27). The summed E-state index contributed by atoms with van der Waals surface area (Å²) in [6.45, 7) is 3.26. The minimum atomic E-state index is 0.0961. The normalized spacial score (nSPS) is 14.3. The van der Waals surface area contributed by atoms with Gasteiger partial charge in [-0.1, -0.05) is 12.0 Å². The Hall–Kier alpha value is -3.63. The molecule has 1 amide bonds. The Bertz CT molecular complexity index is 1150. The molecule has 3 aromatic rings. The van der Waals surface area contributed by atoms with Gasteiger partial charge in [-0.05, 0) is 31.3 Å². The first-order valence-corrected chi connectivity index (χ1v) is 10.2. The number of hydrogen-bond donors (Lipinski definition) is 1. The van der Waals surface area contributed by atoms with Gasteiger partial charge in [0.25, 0.3) is 0 Å². The molecule has 158 valence electrons. The molecule has 7 nitrogen and oxygen atoms in total. The van der Waals surface area contributed by atoms with E-state index in [1.807, 2.05) is 41.3 Å². The number of anilines is 2. The molecule has 2 heterocycles. The summed E-state index contributed by atoms with van der Waals surface area (Å²) in [5.74, 6) is 4.03. The molecular weight excluding hydrogens is 390 g/mol. The van der Waals surface area contributed by atoms with Crippen LogP contribution in [0.5, 0.6) is 5.75 Å². The van der Waals surface area contributed by atoms with Crippen molar-refractivity contribution in [1.82, 2.24) is 19.8 Å². The highest BCUT2D eigenvalue weighted by Gasteiger charge is 2.21. The fraction of sp³-hybridized carbons (Fsp3) is 0.292. The Morgan fingerprint density at radius 3 is 2.74 bits per heavy atom. The fourth-order valence-corrected chi connectivity index (χ4v) is 3.71. The highest BCUT2D eigenvalue weighted by molar-refractivity contribution is 5.93. The molecule has 1 aliphatic heterocycles. The van der Waals surface area contributed by atoms with E-state index in [0.717, 1.165) is 53.9 Å². The lowest BCUT2D eigenvalue weighted by Gasteiger charge is -2.32. The number of rotatable bonds is 5. The number of hydrogen-bond acceptors (Lipinski definition) is 6. The maximum Gasteiger partial charge on any atom is 0.227 e. The van der Waals surface area contributed by atoms with E-state index < -0.39 is 0 Å². The first-order valence-electron chi connectivity index (χ1n) is 10.2. The van der Waals surface area contributed by atoms with Gasteiger partial charge in [0.1, 0.15) is 17.9 Å². The lowest BCUT2D eigenvalue weighted by Crippen LogP contribution is -2.47. The van der Waals surface area contributed by atoms with Crippen LogP contribution in [0.4, 0.5) is 11.5 Å². The number of benzene rings is 2. The molecule has 2 aromatic carbocycles. The number of aromatic nitrogens is 2. The van der Waals surface area contributed by atoms with Crippen LogP contribution in [0.25, 0.3) is 10.9 Å². The van der Waals surface area contributed by atoms with Crippen molar-refractivity contribution in [1.29, 1.82) is 0 Å². The molecule has 0 bridgehead atoms. The number of likely N-dealkylation sites (N-methyl/N-ethyl adjacent to an activating group) is 1. The summed E-state index contributed by atoms with van der Waals surface area (Å²) in [7, 11) is 3.68. The average molecular weight is 415 g/mol. The summed E-state index contributed by atoms with van der Waals surface area (Å²) in [5.41, 5.74) is 3.16. The lowest BCUT2D eigenvalue weighted by atomic mass is 10.1. The smallest absolute Gasteiger partial charge is 0.227 e. The third kappa shape index (κ3) is 4.60. The van der Waals surface area contributed by atoms with Gasteiger partial charge in [-0.3, -0.25) is 4.79 Å². The van der Waals surface area contributed by atoms with Crippen molar-refractivity contribution in [2.45, 2.75) is 6.42 Å². The topological polar surface area (TPSA) is 70.6 Å². The van der Waals surface area contributed by atoms with Gasteiger partial charge < -0.3 is 19.9 Å². The Morgan fingerprint density at radius 2 is 2.00 bits per heavy atom. The Morgan fingerprint density at radius 1 is 1.19 bits per heavy atom. The van der Waals surface area contributed by atoms with Gasteiger partial charge in [0.2, 0.25) is 5.91 Å². The largest absolute Gasteiger partial charge is 0.496 e. The minimum Gasteiger partial charge on any atom is -0.496 e. The van der Waals surface area contributed by atoms with Crippen LogP contribution < -0.4 is 10.1 Å². The number of nitrogens with zero attached hydrogens (tertiary/aromatic N) is 4. The van der Waals surface area contributed by atoms with Crippen LogP contribution in [-0.2, 0) is 11.2 Å². The van der Waals surface area contributed by atoms with Crippen molar-refractivity contribution in [2.24, 2.45) is 0 Å². The maximum absolute atomic E-state index is 12.9. The van der Waals surface area contributed by atoms with Crippen LogP contribution in [0, 0.1) is 12.3 Å². The molecule has 1 saturated heterocycles. The van der Waals surface area contributed by atoms with Crippen LogP contribution in [0.3, 0.4) is 0 Å². The summed E-state index contributed by atoms with van der Waals surface area (Å²) >= 11 is 0. The number of methoxy groups -OCH3 is 1. The van der Waals surface area contributed by atoms with Gasteiger partial charge in [0.15, 0.2) is 0 Å². The van der Waals surface area contributed by atoms with Gasteiger partial charge in [0, 0.05) is 54.4 Å². The fourth-order valence-electron chi connectivity index (χ4n) is 3.71. The summed E-state index contributed by atoms with van der Waals surface area (Å²) in [6.07, 6.45) is 7.29. The van der Waals surface area contributed by atoms with E-state index >= 15 is 0 Å². The van der Waals surface area contributed by atoms with Crippen LogP contribution in [0.15, 0.2) is 42.7 Å². The molecule has 0 spiro atoms. The highest BCUT2D eigenvalue weighted by Crippen LogP contribution is 2.30. The van der Waals surface area contributed by atoms with Crippen molar-refractivity contribution < 1.29 is 9.53 Å². The average Bonchev–Trinajstić information content (AvgIpc) is 2.79. The first kappa shape index (κ1) is 20.6. The number of carbonyl (C=O) groups is 1. The third-order valence-electron chi connectivity index (χ3n) is 5.53. The van der Waals surface area contributed by atoms with Gasteiger partial charge in [0.05, 0.1) is 19.0 Å². The van der Waals surface area contributed by atoms with Gasteiger partial charge >= 0.3 is 0 Å². The van der Waals surface area contributed by atoms with Crippen molar-refractivity contribution in [3.8, 4) is 18.1 Å². The summed E-state index contributed by atoms with van der Waals surface area (Å²) < 4.78 is 5.57. The summed E-state index contributed by atoms with van der Waals surface area (Å²) in [5, 5.41) is 4.13. The number of nitrogens with one attached hydrogen (secondary N) is 1. The number of fused-ring (bicyclic) bond motifs is 1. The number of carbonyl (C=O) groups excluding carboxylic acids is 1. The molecule has 0 aliphatic carbocycles. The molecule has 0 unspecified atom stereocenters. The van der Waals surface area contributed by atoms with Crippen LogP contribution in [0.1, 0.15) is 11.1 Å². The molecule has 1 aliphatic rings. The zero-order valence-corrected chi connectivity index (χ0v) is 17.8. The second-order valence-electron chi connectivity index (χ2n) is 7.61. The molecule has 0 saturated carbocycles. The van der Waals surface area contributed by atoms with E-state index in [9.17, 15) is 4.79 Å². The second-order valence-corrected chi connectivity index (χ2v) is 7.61. The number of amides is 1. The Kier molecular flexibility index (Phi) is 6.01. The van der Waals surface area contributed by atoms with Crippen molar-refractivity contribution in [2.75, 3.05) is 45.7 Å². The van der Waals surface area contributed by atoms with Crippen molar-refractivity contribution in [3.05, 3.63) is 53.9 Å². The molecular formula is C24H25N5O2. The van der Waals surface area contributed by atoms with Crippen LogP contribution in [0.2, 0.25) is 0 Å². The maximum atomic E-state index is 12.9. The number of piperazine rings is 1. The Balaban J connectivity index is 1.65. The molecule has 7 heteroatoms. The third-order valence-corrected chi connectivity index (χ3v) is 5.53. The quantitative estimate of drug-likeness (QED) is 0.646. The van der Waals surface area contributed by atoms with Crippen LogP contribution in [-0.4, -0.2) is 66.0 Å².